The summed E-state index contributed by atoms with van der Waals surface area (Å²) in [5.74, 6) is 1.25. The Bertz CT molecular complexity index is 1110. The van der Waals surface area contributed by atoms with Crippen molar-refractivity contribution < 1.29 is 23.8 Å². The van der Waals surface area contributed by atoms with Crippen LogP contribution in [-0.2, 0) is 0 Å². The van der Waals surface area contributed by atoms with E-state index in [2.05, 4.69) is 19.2 Å². The lowest BCUT2D eigenvalue weighted by Crippen LogP contribution is -2.12. The van der Waals surface area contributed by atoms with Crippen molar-refractivity contribution in [1.82, 2.24) is 0 Å². The van der Waals surface area contributed by atoms with Gasteiger partial charge in [-0.05, 0) is 85.6 Å². The first kappa shape index (κ1) is 28.8. The summed E-state index contributed by atoms with van der Waals surface area (Å²) in [6.07, 6.45) is 9.21. The van der Waals surface area contributed by atoms with E-state index in [-0.39, 0.29) is 5.91 Å². The minimum absolute atomic E-state index is 0.234. The van der Waals surface area contributed by atoms with Crippen LogP contribution in [0.1, 0.15) is 85.9 Å². The summed E-state index contributed by atoms with van der Waals surface area (Å²) >= 11 is 0. The summed E-state index contributed by atoms with van der Waals surface area (Å²) in [5.41, 5.74) is 1.50. The van der Waals surface area contributed by atoms with E-state index in [4.69, 9.17) is 14.2 Å². The number of esters is 1. The van der Waals surface area contributed by atoms with Crippen molar-refractivity contribution >= 4 is 17.6 Å². The van der Waals surface area contributed by atoms with Crippen LogP contribution in [-0.4, -0.2) is 25.1 Å². The fourth-order valence-electron chi connectivity index (χ4n) is 3.80. The molecule has 0 unspecified atom stereocenters. The molecule has 1 N–H and O–H groups in total. The minimum atomic E-state index is -0.471. The van der Waals surface area contributed by atoms with Gasteiger partial charge in [-0.2, -0.15) is 0 Å². The molecule has 3 aromatic rings. The molecule has 0 spiro atoms. The first-order chi connectivity index (χ1) is 18.6. The molecular formula is C32H39NO5. The van der Waals surface area contributed by atoms with Crippen molar-refractivity contribution in [3.8, 4) is 17.2 Å². The van der Waals surface area contributed by atoms with Gasteiger partial charge in [0, 0.05) is 11.3 Å². The summed E-state index contributed by atoms with van der Waals surface area (Å²) in [4.78, 5) is 25.1. The number of anilines is 1. The Hall–Kier alpha value is -3.80. The number of unbranched alkanes of at least 4 members (excludes halogenated alkanes) is 6. The van der Waals surface area contributed by atoms with Crippen LogP contribution in [0.4, 0.5) is 5.69 Å². The molecule has 3 rings (SSSR count). The topological polar surface area (TPSA) is 73.9 Å². The van der Waals surface area contributed by atoms with Gasteiger partial charge in [-0.15, -0.1) is 0 Å². The molecule has 0 atom stereocenters. The molecule has 38 heavy (non-hydrogen) atoms. The fraction of sp³-hybridized carbons (Fsp3) is 0.375. The summed E-state index contributed by atoms with van der Waals surface area (Å²) in [7, 11) is 0. The van der Waals surface area contributed by atoms with E-state index in [9.17, 15) is 9.59 Å². The molecule has 0 fully saturated rings. The lowest BCUT2D eigenvalue weighted by Gasteiger charge is -2.09. The predicted molar refractivity (Wildman–Crippen MR) is 152 cm³/mol. The first-order valence-electron chi connectivity index (χ1n) is 13.7. The molecule has 0 saturated carbocycles. The Labute approximate surface area is 226 Å². The smallest absolute Gasteiger partial charge is 0.343 e. The number of hydrogen-bond acceptors (Lipinski definition) is 5. The van der Waals surface area contributed by atoms with Crippen LogP contribution in [0, 0.1) is 0 Å². The van der Waals surface area contributed by atoms with Gasteiger partial charge < -0.3 is 19.5 Å². The van der Waals surface area contributed by atoms with E-state index in [1.165, 1.54) is 25.7 Å². The molecule has 202 valence electrons. The molecule has 6 nitrogen and oxygen atoms in total. The Balaban J connectivity index is 1.44. The van der Waals surface area contributed by atoms with Gasteiger partial charge in [-0.1, -0.05) is 52.4 Å². The molecule has 6 heteroatoms. The lowest BCUT2D eigenvalue weighted by molar-refractivity contribution is 0.0734. The fourth-order valence-corrected chi connectivity index (χ4v) is 3.80. The Morgan fingerprint density at radius 2 is 1.05 bits per heavy atom. The highest BCUT2D eigenvalue weighted by Gasteiger charge is 2.11. The van der Waals surface area contributed by atoms with E-state index in [1.54, 1.807) is 72.8 Å². The van der Waals surface area contributed by atoms with E-state index < -0.39 is 5.97 Å². The number of ether oxygens (including phenoxy) is 3. The molecule has 0 bridgehead atoms. The van der Waals surface area contributed by atoms with Gasteiger partial charge in [-0.25, -0.2) is 4.79 Å². The molecule has 0 heterocycles. The molecule has 0 aliphatic rings. The van der Waals surface area contributed by atoms with E-state index in [0.717, 1.165) is 37.2 Å². The number of nitrogens with one attached hydrogen (secondary N) is 1. The third-order valence-corrected chi connectivity index (χ3v) is 6.06. The molecule has 3 aromatic carbocycles. The highest BCUT2D eigenvalue weighted by Crippen LogP contribution is 2.20. The van der Waals surface area contributed by atoms with Gasteiger partial charge in [-0.3, -0.25) is 4.79 Å². The van der Waals surface area contributed by atoms with Crippen LogP contribution in [0.5, 0.6) is 17.2 Å². The summed E-state index contributed by atoms with van der Waals surface area (Å²) in [6.45, 7) is 5.72. The zero-order valence-corrected chi connectivity index (χ0v) is 22.5. The standard InChI is InChI=1S/C32H39NO5/c1-3-5-7-9-23-36-28-17-13-25(14-18-28)31(34)33-27-15-11-26(12-16-27)32(35)38-30-21-19-29(20-22-30)37-24-10-8-6-4-2/h11-22H,3-10,23-24H2,1-2H3,(H,33,34). The van der Waals surface area contributed by atoms with Crippen LogP contribution in [0.15, 0.2) is 72.8 Å². The van der Waals surface area contributed by atoms with E-state index >= 15 is 0 Å². The summed E-state index contributed by atoms with van der Waals surface area (Å²) < 4.78 is 16.9. The van der Waals surface area contributed by atoms with Crippen LogP contribution in [0.25, 0.3) is 0 Å². The molecule has 0 aromatic heterocycles. The number of amides is 1. The van der Waals surface area contributed by atoms with Crippen molar-refractivity contribution in [2.75, 3.05) is 18.5 Å². The van der Waals surface area contributed by atoms with Crippen molar-refractivity contribution in [1.29, 1.82) is 0 Å². The second-order valence-electron chi connectivity index (χ2n) is 9.24. The molecular weight excluding hydrogens is 478 g/mol. The number of carbonyl (C=O) groups excluding carboxylic acids is 2. The second kappa shape index (κ2) is 16.1. The normalized spacial score (nSPS) is 10.6. The molecule has 0 aliphatic heterocycles. The number of hydrogen-bond donors (Lipinski definition) is 1. The molecule has 0 radical (unpaired) electrons. The monoisotopic (exact) mass is 517 g/mol. The van der Waals surface area contributed by atoms with Gasteiger partial charge in [0.15, 0.2) is 0 Å². The average molecular weight is 518 g/mol. The van der Waals surface area contributed by atoms with Crippen LogP contribution in [0.2, 0.25) is 0 Å². The Morgan fingerprint density at radius 3 is 1.58 bits per heavy atom. The van der Waals surface area contributed by atoms with Crippen molar-refractivity contribution in [2.45, 2.75) is 65.2 Å². The van der Waals surface area contributed by atoms with Crippen molar-refractivity contribution in [3.63, 3.8) is 0 Å². The van der Waals surface area contributed by atoms with Crippen molar-refractivity contribution in [2.24, 2.45) is 0 Å². The van der Waals surface area contributed by atoms with Gasteiger partial charge in [0.2, 0.25) is 0 Å². The highest BCUT2D eigenvalue weighted by molar-refractivity contribution is 6.04. The maximum Gasteiger partial charge on any atom is 0.343 e. The van der Waals surface area contributed by atoms with Crippen molar-refractivity contribution in [3.05, 3.63) is 83.9 Å². The highest BCUT2D eigenvalue weighted by atomic mass is 16.5. The Kier molecular flexibility index (Phi) is 12.2. The maximum absolute atomic E-state index is 12.6. The minimum Gasteiger partial charge on any atom is -0.494 e. The third kappa shape index (κ3) is 9.92. The van der Waals surface area contributed by atoms with Crippen LogP contribution >= 0.6 is 0 Å². The molecule has 1 amide bonds. The summed E-state index contributed by atoms with van der Waals surface area (Å²) in [6, 6.07) is 20.7. The lowest BCUT2D eigenvalue weighted by atomic mass is 10.1. The first-order valence-corrected chi connectivity index (χ1v) is 13.7. The zero-order chi connectivity index (χ0) is 27.0. The summed E-state index contributed by atoms with van der Waals surface area (Å²) in [5, 5.41) is 2.85. The SMILES string of the molecule is CCCCCCOc1ccc(OC(=O)c2ccc(NC(=O)c3ccc(OCCCCCC)cc3)cc2)cc1. The third-order valence-electron chi connectivity index (χ3n) is 6.06. The van der Waals surface area contributed by atoms with Gasteiger partial charge in [0.1, 0.15) is 17.2 Å². The van der Waals surface area contributed by atoms with Gasteiger partial charge in [0.05, 0.1) is 18.8 Å². The second-order valence-corrected chi connectivity index (χ2v) is 9.24. The van der Waals surface area contributed by atoms with Gasteiger partial charge >= 0.3 is 5.97 Å². The zero-order valence-electron chi connectivity index (χ0n) is 22.5. The number of carbonyl (C=O) groups is 2. The molecule has 0 saturated heterocycles. The quantitative estimate of drug-likeness (QED) is 0.118. The maximum atomic E-state index is 12.6. The van der Waals surface area contributed by atoms with Crippen LogP contribution < -0.4 is 19.5 Å². The van der Waals surface area contributed by atoms with Crippen LogP contribution in [0.3, 0.4) is 0 Å². The number of rotatable bonds is 16. The largest absolute Gasteiger partial charge is 0.494 e. The van der Waals surface area contributed by atoms with Gasteiger partial charge in [0.25, 0.3) is 5.91 Å². The average Bonchev–Trinajstić information content (AvgIpc) is 2.94. The molecule has 0 aliphatic carbocycles. The predicted octanol–water partition coefficient (Wildman–Crippen LogP) is 8.08. The van der Waals surface area contributed by atoms with E-state index in [0.29, 0.717) is 35.8 Å². The number of benzene rings is 3. The Morgan fingerprint density at radius 1 is 0.579 bits per heavy atom. The van der Waals surface area contributed by atoms with E-state index in [1.807, 2.05) is 0 Å².